The summed E-state index contributed by atoms with van der Waals surface area (Å²) in [5, 5.41) is 0. The number of aromatic nitrogens is 1. The first kappa shape index (κ1) is 17.0. The highest BCUT2D eigenvalue weighted by atomic mass is 32.2. The minimum Gasteiger partial charge on any atom is -0.497 e. The van der Waals surface area contributed by atoms with E-state index in [2.05, 4.69) is 4.57 Å². The standard InChI is InChI=1S/C17H22N2O4S/c1-22-10-8-15-13-18(12-14-5-4-9-19(14)15)24(20,21)17-7-3-6-16(11-17)23-2/h3-7,9,11,15H,8,10,12-13H2,1-2H3. The van der Waals surface area contributed by atoms with Gasteiger partial charge < -0.3 is 14.0 Å². The summed E-state index contributed by atoms with van der Waals surface area (Å²) in [7, 11) is -0.389. The molecule has 2 aromatic rings. The highest BCUT2D eigenvalue weighted by molar-refractivity contribution is 7.89. The fraction of sp³-hybridized carbons (Fsp3) is 0.412. The van der Waals surface area contributed by atoms with Crippen LogP contribution in [0.15, 0.2) is 47.5 Å². The van der Waals surface area contributed by atoms with Gasteiger partial charge >= 0.3 is 0 Å². The number of hydrogen-bond donors (Lipinski definition) is 0. The Kier molecular flexibility index (Phi) is 4.93. The summed E-state index contributed by atoms with van der Waals surface area (Å²) >= 11 is 0. The first-order valence-electron chi connectivity index (χ1n) is 7.85. The van der Waals surface area contributed by atoms with Gasteiger partial charge in [-0.15, -0.1) is 0 Å². The molecule has 0 aliphatic carbocycles. The fourth-order valence-corrected chi connectivity index (χ4v) is 4.55. The number of ether oxygens (including phenoxy) is 2. The molecule has 3 rings (SSSR count). The van der Waals surface area contributed by atoms with E-state index in [1.54, 1.807) is 31.4 Å². The summed E-state index contributed by atoms with van der Waals surface area (Å²) in [6, 6.07) is 10.6. The van der Waals surface area contributed by atoms with Crippen LogP contribution in [0.4, 0.5) is 0 Å². The highest BCUT2D eigenvalue weighted by Crippen LogP contribution is 2.30. The molecule has 0 bridgehead atoms. The summed E-state index contributed by atoms with van der Waals surface area (Å²) in [6.45, 7) is 1.40. The normalized spacial score (nSPS) is 18.3. The first-order chi connectivity index (χ1) is 11.6. The van der Waals surface area contributed by atoms with Crippen molar-refractivity contribution in [3.63, 3.8) is 0 Å². The lowest BCUT2D eigenvalue weighted by Crippen LogP contribution is -2.41. The van der Waals surface area contributed by atoms with Crippen molar-refractivity contribution in [3.8, 4) is 5.75 Å². The van der Waals surface area contributed by atoms with Crippen LogP contribution in [0.1, 0.15) is 18.2 Å². The molecular formula is C17H22N2O4S. The Balaban J connectivity index is 1.91. The number of nitrogens with zero attached hydrogens (tertiary/aromatic N) is 2. The van der Waals surface area contributed by atoms with Crippen molar-refractivity contribution >= 4 is 10.0 Å². The Bertz CT molecular complexity index is 800. The molecule has 0 amide bonds. The minimum absolute atomic E-state index is 0.0732. The largest absolute Gasteiger partial charge is 0.497 e. The van der Waals surface area contributed by atoms with Crippen molar-refractivity contribution in [3.05, 3.63) is 48.3 Å². The van der Waals surface area contributed by atoms with E-state index in [-0.39, 0.29) is 10.9 Å². The maximum absolute atomic E-state index is 13.0. The lowest BCUT2D eigenvalue weighted by atomic mass is 10.1. The number of fused-ring (bicyclic) bond motifs is 1. The second-order valence-electron chi connectivity index (χ2n) is 5.82. The van der Waals surface area contributed by atoms with E-state index in [1.165, 1.54) is 11.4 Å². The molecule has 1 unspecified atom stereocenters. The van der Waals surface area contributed by atoms with E-state index < -0.39 is 10.0 Å². The Morgan fingerprint density at radius 2 is 2.04 bits per heavy atom. The van der Waals surface area contributed by atoms with Crippen molar-refractivity contribution in [1.82, 2.24) is 8.87 Å². The Labute approximate surface area is 142 Å². The minimum atomic E-state index is -3.57. The maximum atomic E-state index is 13.0. The monoisotopic (exact) mass is 350 g/mol. The van der Waals surface area contributed by atoms with Gasteiger partial charge in [0.15, 0.2) is 0 Å². The Hall–Kier alpha value is -1.83. The average Bonchev–Trinajstić information content (AvgIpc) is 3.08. The van der Waals surface area contributed by atoms with Gasteiger partial charge in [-0.2, -0.15) is 4.31 Å². The van der Waals surface area contributed by atoms with Gasteiger partial charge in [0.25, 0.3) is 0 Å². The molecule has 0 saturated carbocycles. The summed E-state index contributed by atoms with van der Waals surface area (Å²) < 4.78 is 40.1. The molecule has 1 atom stereocenters. The van der Waals surface area contributed by atoms with Gasteiger partial charge in [0.1, 0.15) is 5.75 Å². The van der Waals surface area contributed by atoms with Crippen LogP contribution in [0.3, 0.4) is 0 Å². The third kappa shape index (κ3) is 3.19. The molecule has 130 valence electrons. The van der Waals surface area contributed by atoms with Crippen LogP contribution in [-0.4, -0.2) is 44.7 Å². The molecular weight excluding hydrogens is 328 g/mol. The lowest BCUT2D eigenvalue weighted by Gasteiger charge is -2.34. The van der Waals surface area contributed by atoms with Crippen molar-refractivity contribution in [2.24, 2.45) is 0 Å². The second kappa shape index (κ2) is 6.96. The molecule has 7 heteroatoms. The number of hydrogen-bond acceptors (Lipinski definition) is 4. The Morgan fingerprint density at radius 3 is 2.79 bits per heavy atom. The fourth-order valence-electron chi connectivity index (χ4n) is 3.07. The van der Waals surface area contributed by atoms with E-state index in [1.807, 2.05) is 18.3 Å². The summed E-state index contributed by atoms with van der Waals surface area (Å²) in [5.41, 5.74) is 0.994. The lowest BCUT2D eigenvalue weighted by molar-refractivity contribution is 0.162. The zero-order valence-electron chi connectivity index (χ0n) is 13.9. The number of methoxy groups -OCH3 is 2. The SMILES string of the molecule is COCCC1CN(S(=O)(=O)c2cccc(OC)c2)Cc2cccn21. The van der Waals surface area contributed by atoms with E-state index in [0.29, 0.717) is 25.4 Å². The van der Waals surface area contributed by atoms with Crippen LogP contribution < -0.4 is 4.74 Å². The highest BCUT2D eigenvalue weighted by Gasteiger charge is 2.32. The van der Waals surface area contributed by atoms with E-state index in [4.69, 9.17) is 9.47 Å². The third-order valence-electron chi connectivity index (χ3n) is 4.35. The molecule has 1 aliphatic heterocycles. The van der Waals surface area contributed by atoms with Crippen LogP contribution in [0.5, 0.6) is 5.75 Å². The van der Waals surface area contributed by atoms with Gasteiger partial charge in [0.05, 0.1) is 18.6 Å². The Morgan fingerprint density at radius 1 is 1.21 bits per heavy atom. The molecule has 0 spiro atoms. The quantitative estimate of drug-likeness (QED) is 0.802. The molecule has 1 aromatic carbocycles. The van der Waals surface area contributed by atoms with E-state index >= 15 is 0 Å². The number of benzene rings is 1. The van der Waals surface area contributed by atoms with Gasteiger partial charge in [-0.1, -0.05) is 6.07 Å². The maximum Gasteiger partial charge on any atom is 0.243 e. The summed E-state index contributed by atoms with van der Waals surface area (Å²) in [4.78, 5) is 0.257. The molecule has 0 saturated heterocycles. The summed E-state index contributed by atoms with van der Waals surface area (Å²) in [6.07, 6.45) is 2.77. The van der Waals surface area contributed by atoms with Crippen LogP contribution >= 0.6 is 0 Å². The molecule has 0 fully saturated rings. The number of rotatable bonds is 6. The van der Waals surface area contributed by atoms with Crippen molar-refractivity contribution in [2.45, 2.75) is 23.9 Å². The van der Waals surface area contributed by atoms with Crippen molar-refractivity contribution < 1.29 is 17.9 Å². The first-order valence-corrected chi connectivity index (χ1v) is 9.29. The average molecular weight is 350 g/mol. The van der Waals surface area contributed by atoms with Crippen LogP contribution in [0.2, 0.25) is 0 Å². The van der Waals surface area contributed by atoms with Gasteiger partial charge in [-0.05, 0) is 30.7 Å². The van der Waals surface area contributed by atoms with Crippen LogP contribution in [0.25, 0.3) is 0 Å². The second-order valence-corrected chi connectivity index (χ2v) is 7.76. The van der Waals surface area contributed by atoms with E-state index in [9.17, 15) is 8.42 Å². The zero-order valence-corrected chi connectivity index (χ0v) is 14.7. The molecule has 1 aliphatic rings. The molecule has 24 heavy (non-hydrogen) atoms. The third-order valence-corrected chi connectivity index (χ3v) is 6.15. The predicted molar refractivity (Wildman–Crippen MR) is 90.6 cm³/mol. The topological polar surface area (TPSA) is 60.8 Å². The van der Waals surface area contributed by atoms with Crippen molar-refractivity contribution in [1.29, 1.82) is 0 Å². The molecule has 1 aromatic heterocycles. The predicted octanol–water partition coefficient (Wildman–Crippen LogP) is 2.28. The molecule has 2 heterocycles. The zero-order chi connectivity index (χ0) is 17.2. The smallest absolute Gasteiger partial charge is 0.243 e. The van der Waals surface area contributed by atoms with Gasteiger partial charge in [0, 0.05) is 44.3 Å². The molecule has 0 N–H and O–H groups in total. The molecule has 0 radical (unpaired) electrons. The number of sulfonamides is 1. The van der Waals surface area contributed by atoms with Crippen molar-refractivity contribution in [2.75, 3.05) is 27.4 Å². The molecule has 6 nitrogen and oxygen atoms in total. The van der Waals surface area contributed by atoms with E-state index in [0.717, 1.165) is 12.1 Å². The van der Waals surface area contributed by atoms with Crippen LogP contribution in [0, 0.1) is 0 Å². The van der Waals surface area contributed by atoms with Gasteiger partial charge in [-0.25, -0.2) is 8.42 Å². The van der Waals surface area contributed by atoms with Gasteiger partial charge in [-0.3, -0.25) is 0 Å². The summed E-state index contributed by atoms with van der Waals surface area (Å²) in [5.74, 6) is 0.535. The van der Waals surface area contributed by atoms with Crippen LogP contribution in [-0.2, 0) is 21.3 Å². The van der Waals surface area contributed by atoms with Gasteiger partial charge in [0.2, 0.25) is 10.0 Å².